The van der Waals surface area contributed by atoms with Crippen molar-refractivity contribution in [3.05, 3.63) is 62.6 Å². The maximum absolute atomic E-state index is 13.9. The second-order valence-corrected chi connectivity index (χ2v) is 7.13. The van der Waals surface area contributed by atoms with Crippen molar-refractivity contribution in [2.75, 3.05) is 13.2 Å². The van der Waals surface area contributed by atoms with Crippen molar-refractivity contribution in [1.82, 2.24) is 4.57 Å². The number of rotatable bonds is 5. The van der Waals surface area contributed by atoms with Crippen LogP contribution in [0.1, 0.15) is 17.3 Å². The van der Waals surface area contributed by atoms with Crippen LogP contribution in [0.15, 0.2) is 41.4 Å². The lowest BCUT2D eigenvalue weighted by Gasteiger charge is -2.07. The molecule has 0 aliphatic carbocycles. The molecule has 0 bridgehead atoms. The summed E-state index contributed by atoms with van der Waals surface area (Å²) in [5, 5.41) is 0.797. The minimum Gasteiger partial charge on any atom is -0.380 e. The average Bonchev–Trinajstić information content (AvgIpc) is 2.97. The predicted molar refractivity (Wildman–Crippen MR) is 103 cm³/mol. The summed E-state index contributed by atoms with van der Waals surface area (Å²) in [6, 6.07) is 9.26. The molecule has 0 N–H and O–H groups in total. The van der Waals surface area contributed by atoms with Crippen molar-refractivity contribution in [3.8, 4) is 0 Å². The number of fused-ring (bicyclic) bond motifs is 1. The lowest BCUT2D eigenvalue weighted by Crippen LogP contribution is -2.20. The number of benzene rings is 2. The van der Waals surface area contributed by atoms with Crippen molar-refractivity contribution in [2.24, 2.45) is 4.99 Å². The first-order valence-corrected chi connectivity index (χ1v) is 9.48. The van der Waals surface area contributed by atoms with E-state index in [0.29, 0.717) is 40.1 Å². The van der Waals surface area contributed by atoms with E-state index >= 15 is 0 Å². The molecule has 8 heteroatoms. The Balaban J connectivity index is 2.15. The van der Waals surface area contributed by atoms with Crippen LogP contribution in [0, 0.1) is 5.82 Å². The molecule has 3 rings (SSSR count). The van der Waals surface area contributed by atoms with E-state index in [1.165, 1.54) is 29.5 Å². The van der Waals surface area contributed by atoms with Gasteiger partial charge in [0.05, 0.1) is 32.4 Å². The molecular weight excluding hydrogens is 398 g/mol. The van der Waals surface area contributed by atoms with Gasteiger partial charge in [-0.05, 0) is 31.2 Å². The fourth-order valence-electron chi connectivity index (χ4n) is 2.48. The second-order valence-electron chi connectivity index (χ2n) is 5.34. The molecule has 1 amide bonds. The summed E-state index contributed by atoms with van der Waals surface area (Å²) < 4.78 is 21.9. The number of nitrogens with zero attached hydrogens (tertiary/aromatic N) is 2. The van der Waals surface area contributed by atoms with Crippen LogP contribution >= 0.6 is 34.5 Å². The van der Waals surface area contributed by atoms with Crippen LogP contribution < -0.4 is 4.80 Å². The molecule has 136 valence electrons. The number of hydrogen-bond donors (Lipinski definition) is 0. The molecule has 0 aliphatic rings. The van der Waals surface area contributed by atoms with Gasteiger partial charge < -0.3 is 9.30 Å². The number of carbonyl (C=O) groups is 1. The molecule has 1 aromatic heterocycles. The third-order valence-corrected chi connectivity index (χ3v) is 5.54. The summed E-state index contributed by atoms with van der Waals surface area (Å²) in [4.78, 5) is 17.0. The predicted octanol–water partition coefficient (Wildman–Crippen LogP) is 4.93. The Morgan fingerprint density at radius 1 is 1.27 bits per heavy atom. The molecule has 0 aliphatic heterocycles. The zero-order valence-corrected chi connectivity index (χ0v) is 16.2. The highest BCUT2D eigenvalue weighted by Gasteiger charge is 2.15. The number of halogens is 3. The fourth-order valence-corrected chi connectivity index (χ4v) is 4.02. The van der Waals surface area contributed by atoms with E-state index in [1.807, 2.05) is 13.0 Å². The Bertz CT molecular complexity index is 1030. The van der Waals surface area contributed by atoms with Crippen molar-refractivity contribution < 1.29 is 13.9 Å². The summed E-state index contributed by atoms with van der Waals surface area (Å²) in [6.45, 7) is 3.33. The molecule has 1 heterocycles. The number of ether oxygens (including phenoxy) is 1. The fraction of sp³-hybridized carbons (Fsp3) is 0.222. The third-order valence-electron chi connectivity index (χ3n) is 3.70. The highest BCUT2D eigenvalue weighted by molar-refractivity contribution is 7.16. The molecule has 0 spiro atoms. The number of thiazole rings is 1. The molecule has 0 atom stereocenters. The van der Waals surface area contributed by atoms with Gasteiger partial charge in [0.1, 0.15) is 5.82 Å². The molecule has 0 fully saturated rings. The van der Waals surface area contributed by atoms with Gasteiger partial charge in [0.2, 0.25) is 0 Å². The third kappa shape index (κ3) is 3.83. The van der Waals surface area contributed by atoms with Crippen molar-refractivity contribution >= 4 is 50.7 Å². The summed E-state index contributed by atoms with van der Waals surface area (Å²) in [7, 11) is 0. The number of carbonyl (C=O) groups excluding carboxylic acids is 1. The monoisotopic (exact) mass is 412 g/mol. The van der Waals surface area contributed by atoms with E-state index in [1.54, 1.807) is 16.7 Å². The van der Waals surface area contributed by atoms with Crippen molar-refractivity contribution in [1.29, 1.82) is 0 Å². The quantitative estimate of drug-likeness (QED) is 0.557. The Labute approximate surface area is 163 Å². The van der Waals surface area contributed by atoms with E-state index in [9.17, 15) is 9.18 Å². The molecule has 26 heavy (non-hydrogen) atoms. The molecule has 3 aromatic rings. The topological polar surface area (TPSA) is 43.6 Å². The summed E-state index contributed by atoms with van der Waals surface area (Å²) in [6.07, 6.45) is 0. The largest absolute Gasteiger partial charge is 0.380 e. The minimum absolute atomic E-state index is 0.0783. The van der Waals surface area contributed by atoms with Crippen molar-refractivity contribution in [2.45, 2.75) is 13.5 Å². The molecule has 0 unspecified atom stereocenters. The van der Waals surface area contributed by atoms with E-state index in [-0.39, 0.29) is 5.56 Å². The number of amides is 1. The standard InChI is InChI=1S/C18H15Cl2FN2O2S/c1-2-25-10-9-23-16-14(8-7-12(19)15(16)20)26-18(23)22-17(24)11-5-3-4-6-13(11)21/h3-8H,2,9-10H2,1H3. The Kier molecular flexibility index (Phi) is 6.09. The van der Waals surface area contributed by atoms with Gasteiger partial charge in [-0.1, -0.05) is 46.7 Å². The molecule has 2 aromatic carbocycles. The molecular formula is C18H15Cl2FN2O2S. The van der Waals surface area contributed by atoms with Gasteiger partial charge in [-0.3, -0.25) is 4.79 Å². The summed E-state index contributed by atoms with van der Waals surface area (Å²) in [5.41, 5.74) is 0.606. The van der Waals surface area contributed by atoms with Crippen LogP contribution in [0.2, 0.25) is 10.0 Å². The van der Waals surface area contributed by atoms with Crippen LogP contribution in [0.5, 0.6) is 0 Å². The molecule has 0 radical (unpaired) electrons. The minimum atomic E-state index is -0.651. The van der Waals surface area contributed by atoms with E-state index < -0.39 is 11.7 Å². The first-order valence-electron chi connectivity index (χ1n) is 7.91. The molecule has 0 saturated heterocycles. The van der Waals surface area contributed by atoms with Gasteiger partial charge in [-0.25, -0.2) is 4.39 Å². The van der Waals surface area contributed by atoms with E-state index in [0.717, 1.165) is 4.70 Å². The summed E-state index contributed by atoms with van der Waals surface area (Å²) in [5.74, 6) is -1.26. The average molecular weight is 413 g/mol. The summed E-state index contributed by atoms with van der Waals surface area (Å²) >= 11 is 13.8. The van der Waals surface area contributed by atoms with Crippen LogP contribution in [0.3, 0.4) is 0 Å². The second kappa shape index (κ2) is 8.31. The highest BCUT2D eigenvalue weighted by atomic mass is 35.5. The lowest BCUT2D eigenvalue weighted by atomic mass is 10.2. The number of hydrogen-bond acceptors (Lipinski definition) is 3. The van der Waals surface area contributed by atoms with Crippen LogP contribution in [0.25, 0.3) is 10.2 Å². The lowest BCUT2D eigenvalue weighted by molar-refractivity contribution is 0.0993. The maximum atomic E-state index is 13.9. The van der Waals surface area contributed by atoms with Crippen molar-refractivity contribution in [3.63, 3.8) is 0 Å². The zero-order chi connectivity index (χ0) is 18.7. The van der Waals surface area contributed by atoms with Crippen LogP contribution in [-0.2, 0) is 11.3 Å². The Morgan fingerprint density at radius 2 is 2.04 bits per heavy atom. The van der Waals surface area contributed by atoms with E-state index in [2.05, 4.69) is 4.99 Å². The molecule has 4 nitrogen and oxygen atoms in total. The van der Waals surface area contributed by atoms with Gasteiger partial charge in [0, 0.05) is 13.2 Å². The first kappa shape index (κ1) is 19.0. The van der Waals surface area contributed by atoms with Gasteiger partial charge in [0.25, 0.3) is 5.91 Å². The van der Waals surface area contributed by atoms with Gasteiger partial charge in [-0.15, -0.1) is 0 Å². The van der Waals surface area contributed by atoms with E-state index in [4.69, 9.17) is 27.9 Å². The smallest absolute Gasteiger partial charge is 0.282 e. The van der Waals surface area contributed by atoms with Crippen LogP contribution in [0.4, 0.5) is 4.39 Å². The van der Waals surface area contributed by atoms with Gasteiger partial charge in [-0.2, -0.15) is 4.99 Å². The Hall–Kier alpha value is -1.73. The zero-order valence-electron chi connectivity index (χ0n) is 13.8. The van der Waals surface area contributed by atoms with Gasteiger partial charge in [0.15, 0.2) is 4.80 Å². The normalized spacial score (nSPS) is 12.1. The first-order chi connectivity index (χ1) is 12.5. The molecule has 0 saturated carbocycles. The maximum Gasteiger partial charge on any atom is 0.282 e. The highest BCUT2D eigenvalue weighted by Crippen LogP contribution is 2.32. The Morgan fingerprint density at radius 3 is 2.77 bits per heavy atom. The SMILES string of the molecule is CCOCCn1c(=NC(=O)c2ccccc2F)sc2ccc(Cl)c(Cl)c21. The number of aromatic nitrogens is 1. The van der Waals surface area contributed by atoms with Gasteiger partial charge >= 0.3 is 0 Å². The van der Waals surface area contributed by atoms with Crippen LogP contribution in [-0.4, -0.2) is 23.7 Å².